The van der Waals surface area contributed by atoms with Gasteiger partial charge < -0.3 is 14.8 Å². The number of nitrogens with zero attached hydrogens (tertiary/aromatic N) is 4. The van der Waals surface area contributed by atoms with Gasteiger partial charge in [-0.05, 0) is 34.7 Å². The van der Waals surface area contributed by atoms with Gasteiger partial charge in [0.15, 0.2) is 0 Å². The Balaban J connectivity index is 1.98. The lowest BCUT2D eigenvalue weighted by Crippen LogP contribution is -2.16. The molecule has 0 atom stereocenters. The molecule has 8 nitrogen and oxygen atoms in total. The van der Waals surface area contributed by atoms with Crippen molar-refractivity contribution in [3.63, 3.8) is 0 Å². The first-order chi connectivity index (χ1) is 12.5. The maximum atomic E-state index is 12.8. The van der Waals surface area contributed by atoms with E-state index in [1.807, 2.05) is 0 Å². The van der Waals surface area contributed by atoms with Gasteiger partial charge in [0, 0.05) is 11.1 Å². The van der Waals surface area contributed by atoms with E-state index in [1.165, 1.54) is 25.2 Å². The molecule has 0 aliphatic rings. The lowest BCUT2D eigenvalue weighted by molar-refractivity contribution is 0.102. The molecule has 0 unspecified atom stereocenters. The highest BCUT2D eigenvalue weighted by atomic mass is 35.5. The average Bonchev–Trinajstić information content (AvgIpc) is 3.16. The summed E-state index contributed by atoms with van der Waals surface area (Å²) in [6.45, 7) is 0. The van der Waals surface area contributed by atoms with E-state index in [-0.39, 0.29) is 0 Å². The molecule has 0 aliphatic carbocycles. The Morgan fingerprint density at radius 3 is 2.54 bits per heavy atom. The number of halogens is 2. The number of rotatable bonds is 5. The van der Waals surface area contributed by atoms with Crippen LogP contribution >= 0.6 is 23.2 Å². The van der Waals surface area contributed by atoms with E-state index in [4.69, 9.17) is 32.7 Å². The van der Waals surface area contributed by atoms with E-state index in [0.717, 1.165) is 0 Å². The molecule has 26 heavy (non-hydrogen) atoms. The number of methoxy groups -OCH3 is 2. The quantitative estimate of drug-likeness (QED) is 0.715. The van der Waals surface area contributed by atoms with Crippen molar-refractivity contribution in [3.8, 4) is 17.2 Å². The fourth-order valence-electron chi connectivity index (χ4n) is 2.31. The zero-order valence-electron chi connectivity index (χ0n) is 13.7. The van der Waals surface area contributed by atoms with Gasteiger partial charge in [0.25, 0.3) is 5.91 Å². The summed E-state index contributed by atoms with van der Waals surface area (Å²) in [7, 11) is 2.97. The third-order valence-corrected chi connectivity index (χ3v) is 4.05. The topological polar surface area (TPSA) is 91.2 Å². The summed E-state index contributed by atoms with van der Waals surface area (Å²) < 4.78 is 11.8. The van der Waals surface area contributed by atoms with E-state index < -0.39 is 5.91 Å². The summed E-state index contributed by atoms with van der Waals surface area (Å²) in [4.78, 5) is 12.8. The minimum Gasteiger partial charge on any atom is -0.495 e. The maximum Gasteiger partial charge on any atom is 0.257 e. The van der Waals surface area contributed by atoms with Crippen molar-refractivity contribution >= 4 is 34.8 Å². The largest absolute Gasteiger partial charge is 0.495 e. The van der Waals surface area contributed by atoms with E-state index in [1.54, 1.807) is 30.3 Å². The molecule has 0 saturated carbocycles. The first-order valence-electron chi connectivity index (χ1n) is 7.29. The molecule has 0 saturated heterocycles. The van der Waals surface area contributed by atoms with Crippen molar-refractivity contribution in [2.45, 2.75) is 0 Å². The summed E-state index contributed by atoms with van der Waals surface area (Å²) in [6.07, 6.45) is 1.37. The van der Waals surface area contributed by atoms with Crippen LogP contribution < -0.4 is 14.8 Å². The first kappa shape index (κ1) is 18.0. The lowest BCUT2D eigenvalue weighted by Gasteiger charge is -2.14. The first-order valence-corrected chi connectivity index (χ1v) is 8.05. The second kappa shape index (κ2) is 7.59. The Morgan fingerprint density at radius 2 is 1.88 bits per heavy atom. The van der Waals surface area contributed by atoms with Gasteiger partial charge in [-0.25, -0.2) is 0 Å². The fraction of sp³-hybridized carbons (Fsp3) is 0.125. The molecule has 0 spiro atoms. The Labute approximate surface area is 158 Å². The second-order valence-electron chi connectivity index (χ2n) is 5.06. The number of hydrogen-bond acceptors (Lipinski definition) is 6. The molecule has 10 heteroatoms. The van der Waals surface area contributed by atoms with Gasteiger partial charge in [-0.3, -0.25) is 4.79 Å². The van der Waals surface area contributed by atoms with Crippen molar-refractivity contribution in [3.05, 3.63) is 52.3 Å². The van der Waals surface area contributed by atoms with E-state index in [0.29, 0.717) is 38.5 Å². The van der Waals surface area contributed by atoms with Gasteiger partial charge in [-0.15, -0.1) is 5.10 Å². The predicted octanol–water partition coefficient (Wildman–Crippen LogP) is 3.24. The van der Waals surface area contributed by atoms with Crippen LogP contribution in [0.3, 0.4) is 0 Å². The van der Waals surface area contributed by atoms with E-state index in [9.17, 15) is 4.79 Å². The Kier molecular flexibility index (Phi) is 5.24. The highest BCUT2D eigenvalue weighted by molar-refractivity contribution is 6.32. The molecule has 0 radical (unpaired) electrons. The number of carbonyl (C=O) groups excluding carboxylic acids is 1. The Bertz CT molecular complexity index is 947. The lowest BCUT2D eigenvalue weighted by atomic mass is 10.1. The van der Waals surface area contributed by atoms with E-state index >= 15 is 0 Å². The predicted molar refractivity (Wildman–Crippen MR) is 96.7 cm³/mol. The van der Waals surface area contributed by atoms with Crippen LogP contribution in [0.5, 0.6) is 11.5 Å². The summed E-state index contributed by atoms with van der Waals surface area (Å²) in [5.41, 5.74) is 1.13. The number of nitrogens with one attached hydrogen (secondary N) is 1. The number of tetrazole rings is 1. The molecular formula is C16H13Cl2N5O3. The van der Waals surface area contributed by atoms with Crippen LogP contribution in [0.1, 0.15) is 10.4 Å². The molecule has 1 heterocycles. The monoisotopic (exact) mass is 393 g/mol. The normalized spacial score (nSPS) is 10.5. The SMILES string of the molecule is COc1cc(OC)c(NC(=O)c2ccc(Cl)cc2-n2cnnn2)cc1Cl. The number of aromatic nitrogens is 4. The van der Waals surface area contributed by atoms with Crippen LogP contribution in [0.2, 0.25) is 10.0 Å². The number of carbonyl (C=O) groups is 1. The second-order valence-corrected chi connectivity index (χ2v) is 5.90. The Morgan fingerprint density at radius 1 is 1.12 bits per heavy atom. The summed E-state index contributed by atoms with van der Waals surface area (Å²) in [5, 5.41) is 14.5. The number of hydrogen-bond donors (Lipinski definition) is 1. The van der Waals surface area contributed by atoms with Crippen molar-refractivity contribution < 1.29 is 14.3 Å². The molecule has 1 amide bonds. The molecule has 0 fully saturated rings. The summed E-state index contributed by atoms with van der Waals surface area (Å²) in [6, 6.07) is 7.89. The van der Waals surface area contributed by atoms with Crippen LogP contribution in [-0.2, 0) is 0 Å². The van der Waals surface area contributed by atoms with Crippen molar-refractivity contribution in [1.82, 2.24) is 20.2 Å². The molecular weight excluding hydrogens is 381 g/mol. The molecule has 2 aromatic carbocycles. The van der Waals surface area contributed by atoms with Gasteiger partial charge >= 0.3 is 0 Å². The molecule has 3 rings (SSSR count). The fourth-order valence-corrected chi connectivity index (χ4v) is 2.71. The molecule has 3 aromatic rings. The highest BCUT2D eigenvalue weighted by Gasteiger charge is 2.18. The third-order valence-electron chi connectivity index (χ3n) is 3.52. The third kappa shape index (κ3) is 3.56. The standard InChI is InChI=1S/C16H13Cl2N5O3/c1-25-14-7-15(26-2)12(6-11(14)18)20-16(24)10-4-3-9(17)5-13(10)23-8-19-21-22-23/h3-8H,1-2H3,(H,20,24). The van der Waals surface area contributed by atoms with Crippen molar-refractivity contribution in [2.24, 2.45) is 0 Å². The van der Waals surface area contributed by atoms with Gasteiger partial charge in [0.2, 0.25) is 0 Å². The smallest absolute Gasteiger partial charge is 0.257 e. The molecule has 0 bridgehead atoms. The van der Waals surface area contributed by atoms with Gasteiger partial charge in [0.1, 0.15) is 17.8 Å². The van der Waals surface area contributed by atoms with Crippen LogP contribution in [-0.4, -0.2) is 40.3 Å². The minimum atomic E-state index is -0.410. The summed E-state index contributed by atoms with van der Waals surface area (Å²) in [5.74, 6) is 0.423. The van der Waals surface area contributed by atoms with Crippen LogP contribution in [0.4, 0.5) is 5.69 Å². The highest BCUT2D eigenvalue weighted by Crippen LogP contribution is 2.36. The molecule has 134 valence electrons. The number of anilines is 1. The number of ether oxygens (including phenoxy) is 2. The van der Waals surface area contributed by atoms with E-state index in [2.05, 4.69) is 20.8 Å². The molecule has 1 N–H and O–H groups in total. The van der Waals surface area contributed by atoms with Crippen LogP contribution in [0, 0.1) is 0 Å². The maximum absolute atomic E-state index is 12.8. The average molecular weight is 394 g/mol. The van der Waals surface area contributed by atoms with Gasteiger partial charge in [-0.2, -0.15) is 4.68 Å². The van der Waals surface area contributed by atoms with Crippen LogP contribution in [0.25, 0.3) is 5.69 Å². The zero-order valence-corrected chi connectivity index (χ0v) is 15.2. The van der Waals surface area contributed by atoms with Gasteiger partial charge in [0.05, 0.1) is 36.2 Å². The molecule has 0 aliphatic heterocycles. The number of benzene rings is 2. The molecule has 1 aromatic heterocycles. The van der Waals surface area contributed by atoms with Gasteiger partial charge in [-0.1, -0.05) is 23.2 Å². The number of amides is 1. The van der Waals surface area contributed by atoms with Crippen LogP contribution in [0.15, 0.2) is 36.7 Å². The zero-order chi connectivity index (χ0) is 18.7. The Hall–Kier alpha value is -2.84. The van der Waals surface area contributed by atoms with Crippen molar-refractivity contribution in [2.75, 3.05) is 19.5 Å². The minimum absolute atomic E-state index is 0.315. The summed E-state index contributed by atoms with van der Waals surface area (Å²) >= 11 is 12.2. The van der Waals surface area contributed by atoms with Crippen molar-refractivity contribution in [1.29, 1.82) is 0 Å².